The minimum absolute atomic E-state index is 0.178. The number of hydrogen-bond acceptors (Lipinski definition) is 6. The fourth-order valence-corrected chi connectivity index (χ4v) is 4.34. The van der Waals surface area contributed by atoms with Gasteiger partial charge in [-0.05, 0) is 73.5 Å². The molecule has 2 aromatic carbocycles. The van der Waals surface area contributed by atoms with Crippen LogP contribution in [0.1, 0.15) is 12.8 Å². The highest BCUT2D eigenvalue weighted by Crippen LogP contribution is 2.33. The number of alkyl halides is 3. The minimum atomic E-state index is -4.81. The van der Waals surface area contributed by atoms with Crippen LogP contribution in [0.3, 0.4) is 0 Å². The second kappa shape index (κ2) is 9.57. The van der Waals surface area contributed by atoms with E-state index in [0.29, 0.717) is 50.7 Å². The first-order valence-corrected chi connectivity index (χ1v) is 12.1. The number of benzene rings is 3. The molecule has 0 unspecified atom stereocenters. The fraction of sp³-hybridized carbons (Fsp3) is 0.179. The maximum atomic E-state index is 14.4. The molecular formula is C28H21F4N5O2. The highest BCUT2D eigenvalue weighted by Gasteiger charge is 2.31. The molecule has 1 aliphatic heterocycles. The van der Waals surface area contributed by atoms with Gasteiger partial charge in [-0.3, -0.25) is 4.99 Å². The van der Waals surface area contributed by atoms with Crippen LogP contribution in [-0.4, -0.2) is 34.0 Å². The van der Waals surface area contributed by atoms with Crippen molar-refractivity contribution in [3.05, 3.63) is 84.1 Å². The molecule has 6 rings (SSSR count). The Hall–Kier alpha value is -4.67. The summed E-state index contributed by atoms with van der Waals surface area (Å²) in [6.45, 7) is 0. The number of methoxy groups -OCH3 is 1. The Balaban J connectivity index is 1.57. The molecule has 0 amide bonds. The van der Waals surface area contributed by atoms with Crippen LogP contribution < -0.4 is 20.1 Å². The molecule has 2 aliphatic carbocycles. The molecule has 3 aromatic rings. The second-order valence-electron chi connectivity index (χ2n) is 9.03. The number of rotatable bonds is 6. The lowest BCUT2D eigenvalue weighted by molar-refractivity contribution is -0.274. The fourth-order valence-electron chi connectivity index (χ4n) is 4.34. The summed E-state index contributed by atoms with van der Waals surface area (Å²) in [5.74, 6) is -0.422. The predicted molar refractivity (Wildman–Crippen MR) is 137 cm³/mol. The highest BCUT2D eigenvalue weighted by atomic mass is 19.4. The Kier molecular flexibility index (Phi) is 6.05. The van der Waals surface area contributed by atoms with Crippen molar-refractivity contribution < 1.29 is 27.0 Å². The lowest BCUT2D eigenvalue weighted by Gasteiger charge is -2.21. The number of ether oxygens (including phenoxy) is 2. The molecule has 1 saturated carbocycles. The molecule has 1 aromatic heterocycles. The van der Waals surface area contributed by atoms with E-state index in [9.17, 15) is 17.6 Å². The van der Waals surface area contributed by atoms with Crippen molar-refractivity contribution in [2.45, 2.75) is 25.2 Å². The van der Waals surface area contributed by atoms with Crippen LogP contribution in [0.15, 0.2) is 77.9 Å². The summed E-state index contributed by atoms with van der Waals surface area (Å²) < 4.78 is 63.7. The third kappa shape index (κ3) is 5.20. The van der Waals surface area contributed by atoms with Crippen molar-refractivity contribution in [3.63, 3.8) is 0 Å². The molecule has 1 N–H and O–H groups in total. The largest absolute Gasteiger partial charge is 0.573 e. The van der Waals surface area contributed by atoms with Gasteiger partial charge in [0.2, 0.25) is 5.88 Å². The van der Waals surface area contributed by atoms with Crippen molar-refractivity contribution in [2.75, 3.05) is 12.4 Å². The van der Waals surface area contributed by atoms with Crippen LogP contribution in [0.4, 0.5) is 28.9 Å². The standard InChI is InChI=1S/C28H21F4N5O2/c1-38-27-21(3-2-12-33-27)36-22-14-24-26(15-23(22)34-17-5-6-17)37(25-13-16(29)4-11-20(25)35-24)18-7-9-19(10-8-18)39-28(30,31)32/h2-4,7-15,17,36H,5-6H2,1H3. The van der Waals surface area contributed by atoms with Gasteiger partial charge in [0.1, 0.15) is 17.3 Å². The first-order chi connectivity index (χ1) is 18.8. The quantitative estimate of drug-likeness (QED) is 0.202. The maximum absolute atomic E-state index is 14.4. The number of anilines is 2. The molecule has 0 bridgehead atoms. The Morgan fingerprint density at radius 1 is 1.00 bits per heavy atom. The second-order valence-corrected chi connectivity index (χ2v) is 9.03. The Bertz CT molecular complexity index is 1710. The van der Waals surface area contributed by atoms with E-state index in [1.165, 1.54) is 43.5 Å². The van der Waals surface area contributed by atoms with Crippen LogP contribution in [-0.2, 0) is 0 Å². The van der Waals surface area contributed by atoms with E-state index in [1.807, 2.05) is 18.2 Å². The molecule has 7 nitrogen and oxygen atoms in total. The Morgan fingerprint density at radius 3 is 2.51 bits per heavy atom. The van der Waals surface area contributed by atoms with Crippen LogP contribution >= 0.6 is 0 Å². The highest BCUT2D eigenvalue weighted by molar-refractivity contribution is 5.84. The molecule has 3 aliphatic rings. The molecule has 0 radical (unpaired) electrons. The van der Waals surface area contributed by atoms with Gasteiger partial charge >= 0.3 is 6.36 Å². The van der Waals surface area contributed by atoms with E-state index < -0.39 is 12.2 Å². The first kappa shape index (κ1) is 24.7. The molecule has 0 atom stereocenters. The Labute approximate surface area is 219 Å². The van der Waals surface area contributed by atoms with Gasteiger partial charge in [-0.1, -0.05) is 0 Å². The number of hydrogen-bond donors (Lipinski definition) is 1. The van der Waals surface area contributed by atoms with Gasteiger partial charge < -0.3 is 19.4 Å². The summed E-state index contributed by atoms with van der Waals surface area (Å²) >= 11 is 0. The molecule has 198 valence electrons. The zero-order chi connectivity index (χ0) is 27.1. The number of nitrogens with one attached hydrogen (secondary N) is 1. The lowest BCUT2D eigenvalue weighted by Crippen LogP contribution is -2.17. The minimum Gasteiger partial charge on any atom is -0.480 e. The van der Waals surface area contributed by atoms with E-state index >= 15 is 0 Å². The number of fused-ring (bicyclic) bond motifs is 2. The van der Waals surface area contributed by atoms with Gasteiger partial charge in [0.25, 0.3) is 0 Å². The van der Waals surface area contributed by atoms with Gasteiger partial charge in [0.15, 0.2) is 0 Å². The van der Waals surface area contributed by atoms with Gasteiger partial charge in [0, 0.05) is 18.0 Å². The topological polar surface area (TPSA) is 73.6 Å². The summed E-state index contributed by atoms with van der Waals surface area (Å²) in [7, 11) is 1.53. The third-order valence-corrected chi connectivity index (χ3v) is 6.18. The van der Waals surface area contributed by atoms with Crippen molar-refractivity contribution in [1.29, 1.82) is 0 Å². The Morgan fingerprint density at radius 2 is 1.79 bits per heavy atom. The van der Waals surface area contributed by atoms with E-state index in [-0.39, 0.29) is 11.8 Å². The van der Waals surface area contributed by atoms with Crippen molar-refractivity contribution in [3.8, 4) is 28.7 Å². The summed E-state index contributed by atoms with van der Waals surface area (Å²) in [5.41, 5.74) is 3.91. The number of nitrogens with zero attached hydrogens (tertiary/aromatic N) is 4. The number of pyridine rings is 1. The van der Waals surface area contributed by atoms with E-state index in [4.69, 9.17) is 14.7 Å². The first-order valence-electron chi connectivity index (χ1n) is 12.1. The zero-order valence-electron chi connectivity index (χ0n) is 20.5. The van der Waals surface area contributed by atoms with E-state index in [2.05, 4.69) is 15.0 Å². The maximum Gasteiger partial charge on any atom is 0.573 e. The predicted octanol–water partition coefficient (Wildman–Crippen LogP) is 6.38. The van der Waals surface area contributed by atoms with Crippen LogP contribution in [0.25, 0.3) is 28.1 Å². The summed E-state index contributed by atoms with van der Waals surface area (Å²) in [4.78, 5) is 13.9. The van der Waals surface area contributed by atoms with Crippen molar-refractivity contribution >= 4 is 22.4 Å². The van der Waals surface area contributed by atoms with Crippen LogP contribution in [0, 0.1) is 5.82 Å². The summed E-state index contributed by atoms with van der Waals surface area (Å²) in [5, 5.41) is 4.00. The number of aromatic nitrogens is 3. The molecular weight excluding hydrogens is 514 g/mol. The van der Waals surface area contributed by atoms with Gasteiger partial charge in [-0.2, -0.15) is 0 Å². The molecule has 1 fully saturated rings. The average molecular weight is 536 g/mol. The van der Waals surface area contributed by atoms with Crippen molar-refractivity contribution in [1.82, 2.24) is 14.5 Å². The molecule has 2 heterocycles. The van der Waals surface area contributed by atoms with Crippen molar-refractivity contribution in [2.24, 2.45) is 4.99 Å². The SMILES string of the molecule is COc1ncccc1Nc1cc2nc3ccc(F)cc3n(-c3ccc(OC(F)(F)F)cc3)c-2cc1=NC1CC1. The monoisotopic (exact) mass is 535 g/mol. The normalized spacial score (nSPS) is 14.1. The lowest BCUT2D eigenvalue weighted by atomic mass is 10.1. The van der Waals surface area contributed by atoms with Gasteiger partial charge in [-0.15, -0.1) is 13.2 Å². The average Bonchev–Trinajstić information content (AvgIpc) is 3.72. The van der Waals surface area contributed by atoms with Gasteiger partial charge in [0.05, 0.1) is 46.6 Å². The number of halogens is 4. The van der Waals surface area contributed by atoms with Crippen LogP contribution in [0.5, 0.6) is 11.6 Å². The molecule has 11 heteroatoms. The zero-order valence-corrected chi connectivity index (χ0v) is 20.5. The molecule has 0 saturated heterocycles. The van der Waals surface area contributed by atoms with Crippen LogP contribution in [0.2, 0.25) is 0 Å². The van der Waals surface area contributed by atoms with E-state index in [0.717, 1.165) is 12.8 Å². The third-order valence-electron chi connectivity index (χ3n) is 6.18. The molecule has 39 heavy (non-hydrogen) atoms. The van der Waals surface area contributed by atoms with E-state index in [1.54, 1.807) is 22.9 Å². The smallest absolute Gasteiger partial charge is 0.480 e. The molecule has 0 spiro atoms. The summed E-state index contributed by atoms with van der Waals surface area (Å²) in [6, 6.07) is 17.1. The van der Waals surface area contributed by atoms with Gasteiger partial charge in [-0.25, -0.2) is 14.4 Å². The summed E-state index contributed by atoms with van der Waals surface area (Å²) in [6.07, 6.45) is -1.25.